The van der Waals surface area contributed by atoms with Crippen LogP contribution >= 0.6 is 0 Å². The van der Waals surface area contributed by atoms with Crippen LogP contribution in [0, 0.1) is 11.8 Å². The van der Waals surface area contributed by atoms with Crippen LogP contribution in [-0.2, 0) is 17.6 Å². The third kappa shape index (κ3) is 8.99. The number of carbonyl (C=O) groups excluding carboxylic acids is 2. The van der Waals surface area contributed by atoms with Crippen LogP contribution in [0.4, 0.5) is 0 Å². The van der Waals surface area contributed by atoms with E-state index in [1.165, 1.54) is 17.5 Å². The average molecular weight is 507 g/mol. The molecule has 0 radical (unpaired) electrons. The van der Waals surface area contributed by atoms with Gasteiger partial charge in [0, 0.05) is 43.9 Å². The highest BCUT2D eigenvalue weighted by Gasteiger charge is 2.21. The van der Waals surface area contributed by atoms with E-state index in [1.54, 1.807) is 0 Å². The zero-order valence-electron chi connectivity index (χ0n) is 23.5. The van der Waals surface area contributed by atoms with E-state index in [4.69, 9.17) is 4.74 Å². The van der Waals surface area contributed by atoms with E-state index in [0.717, 1.165) is 56.5 Å². The van der Waals surface area contributed by atoms with E-state index in [0.29, 0.717) is 24.9 Å². The number of benzene rings is 2. The third-order valence-corrected chi connectivity index (χ3v) is 6.93. The molecule has 0 aliphatic carbocycles. The molecule has 2 aromatic rings. The predicted octanol–water partition coefficient (Wildman–Crippen LogP) is 6.26. The molecule has 1 aliphatic rings. The second-order valence-corrected chi connectivity index (χ2v) is 11.2. The predicted molar refractivity (Wildman–Crippen MR) is 151 cm³/mol. The van der Waals surface area contributed by atoms with Gasteiger partial charge >= 0.3 is 0 Å². The average Bonchev–Trinajstić information content (AvgIpc) is 2.90. The standard InChI is InChI=1S/C32H46N2O3/c1-6-33(23-30-9-7-8-20-37-30)31(35)28-16-12-26(13-17-28)10-11-27-14-18-29(19-15-27)32(36)34(21-24(2)3)22-25(4)5/h12-19,24-25,30H,6-11,20-23H2,1-5H3. The molecule has 1 fully saturated rings. The lowest BCUT2D eigenvalue weighted by molar-refractivity contribution is -0.00311. The van der Waals surface area contributed by atoms with Crippen molar-refractivity contribution < 1.29 is 14.3 Å². The Morgan fingerprint density at radius 1 is 0.784 bits per heavy atom. The summed E-state index contributed by atoms with van der Waals surface area (Å²) in [7, 11) is 0. The van der Waals surface area contributed by atoms with Crippen LogP contribution in [0.3, 0.4) is 0 Å². The van der Waals surface area contributed by atoms with Gasteiger partial charge in [-0.1, -0.05) is 52.0 Å². The smallest absolute Gasteiger partial charge is 0.253 e. The highest BCUT2D eigenvalue weighted by molar-refractivity contribution is 5.94. The number of nitrogens with zero attached hydrogens (tertiary/aromatic N) is 2. The van der Waals surface area contributed by atoms with Gasteiger partial charge in [0.1, 0.15) is 0 Å². The van der Waals surface area contributed by atoms with Gasteiger partial charge in [-0.15, -0.1) is 0 Å². The van der Waals surface area contributed by atoms with Crippen molar-refractivity contribution in [1.82, 2.24) is 9.80 Å². The minimum absolute atomic E-state index is 0.0763. The molecule has 3 rings (SSSR count). The summed E-state index contributed by atoms with van der Waals surface area (Å²) < 4.78 is 5.84. The van der Waals surface area contributed by atoms with Crippen LogP contribution in [0.25, 0.3) is 0 Å². The molecule has 0 saturated carbocycles. The second kappa shape index (κ2) is 14.3. The molecule has 2 aromatic carbocycles. The first kappa shape index (κ1) is 28.9. The maximum absolute atomic E-state index is 13.1. The van der Waals surface area contributed by atoms with Crippen LogP contribution in [0.2, 0.25) is 0 Å². The Balaban J connectivity index is 1.54. The van der Waals surface area contributed by atoms with Crippen molar-refractivity contribution in [2.75, 3.05) is 32.8 Å². The number of hydrogen-bond acceptors (Lipinski definition) is 3. The van der Waals surface area contributed by atoms with Crippen molar-refractivity contribution >= 4 is 11.8 Å². The summed E-state index contributed by atoms with van der Waals surface area (Å²) in [4.78, 5) is 30.0. The third-order valence-electron chi connectivity index (χ3n) is 6.93. The van der Waals surface area contributed by atoms with Crippen LogP contribution in [-0.4, -0.2) is 60.5 Å². The fourth-order valence-electron chi connectivity index (χ4n) is 4.96. The van der Waals surface area contributed by atoms with E-state index < -0.39 is 0 Å². The van der Waals surface area contributed by atoms with Crippen molar-refractivity contribution in [2.24, 2.45) is 11.8 Å². The van der Waals surface area contributed by atoms with E-state index in [-0.39, 0.29) is 17.9 Å². The van der Waals surface area contributed by atoms with Crippen LogP contribution in [0.1, 0.15) is 85.7 Å². The summed E-state index contributed by atoms with van der Waals surface area (Å²) >= 11 is 0. The minimum atomic E-state index is 0.0763. The van der Waals surface area contributed by atoms with Crippen molar-refractivity contribution in [3.63, 3.8) is 0 Å². The fraction of sp³-hybridized carbons (Fsp3) is 0.562. The Bertz CT molecular complexity index is 966. The van der Waals surface area contributed by atoms with Gasteiger partial charge in [0.2, 0.25) is 0 Å². The molecule has 1 heterocycles. The Morgan fingerprint density at radius 3 is 1.68 bits per heavy atom. The molecule has 0 aromatic heterocycles. The maximum Gasteiger partial charge on any atom is 0.253 e. The number of aryl methyl sites for hydroxylation is 2. The zero-order valence-corrected chi connectivity index (χ0v) is 23.5. The molecule has 1 aliphatic heterocycles. The number of likely N-dealkylation sites (N-methyl/N-ethyl adjacent to an activating group) is 1. The van der Waals surface area contributed by atoms with Gasteiger partial charge in [0.05, 0.1) is 6.10 Å². The van der Waals surface area contributed by atoms with Crippen molar-refractivity contribution in [3.8, 4) is 0 Å². The number of hydrogen-bond donors (Lipinski definition) is 0. The van der Waals surface area contributed by atoms with Crippen LogP contribution < -0.4 is 0 Å². The molecule has 1 atom stereocenters. The van der Waals surface area contributed by atoms with Gasteiger partial charge < -0.3 is 14.5 Å². The SMILES string of the molecule is CCN(CC1CCCCO1)C(=O)c1ccc(CCc2ccc(C(=O)N(CC(C)C)CC(C)C)cc2)cc1. The van der Waals surface area contributed by atoms with Crippen molar-refractivity contribution in [2.45, 2.75) is 72.8 Å². The quantitative estimate of drug-likeness (QED) is 0.342. The van der Waals surface area contributed by atoms with Gasteiger partial charge in [-0.2, -0.15) is 0 Å². The molecule has 1 saturated heterocycles. The van der Waals surface area contributed by atoms with Crippen LogP contribution in [0.15, 0.2) is 48.5 Å². The summed E-state index contributed by atoms with van der Waals surface area (Å²) in [5, 5.41) is 0. The molecule has 5 heteroatoms. The number of rotatable bonds is 12. The van der Waals surface area contributed by atoms with Gasteiger partial charge in [0.25, 0.3) is 11.8 Å². The topological polar surface area (TPSA) is 49.9 Å². The summed E-state index contributed by atoms with van der Waals surface area (Å²) in [6, 6.07) is 16.1. The Kier molecular flexibility index (Phi) is 11.2. The van der Waals surface area contributed by atoms with Crippen LogP contribution in [0.5, 0.6) is 0 Å². The summed E-state index contributed by atoms with van der Waals surface area (Å²) in [6.07, 6.45) is 5.28. The molecule has 5 nitrogen and oxygen atoms in total. The second-order valence-electron chi connectivity index (χ2n) is 11.2. The summed E-state index contributed by atoms with van der Waals surface area (Å²) in [5.74, 6) is 1.08. The lowest BCUT2D eigenvalue weighted by Gasteiger charge is -2.29. The molecular weight excluding hydrogens is 460 g/mol. The van der Waals surface area contributed by atoms with E-state index >= 15 is 0 Å². The van der Waals surface area contributed by atoms with E-state index in [9.17, 15) is 9.59 Å². The largest absolute Gasteiger partial charge is 0.376 e. The molecule has 0 spiro atoms. The molecule has 2 amide bonds. The molecule has 0 N–H and O–H groups in total. The Hall–Kier alpha value is -2.66. The van der Waals surface area contributed by atoms with Crippen molar-refractivity contribution in [3.05, 3.63) is 70.8 Å². The lowest BCUT2D eigenvalue weighted by atomic mass is 10.0. The highest BCUT2D eigenvalue weighted by atomic mass is 16.5. The van der Waals surface area contributed by atoms with Gasteiger partial charge in [0.15, 0.2) is 0 Å². The Morgan fingerprint density at radius 2 is 1.27 bits per heavy atom. The highest BCUT2D eigenvalue weighted by Crippen LogP contribution is 2.17. The molecule has 37 heavy (non-hydrogen) atoms. The monoisotopic (exact) mass is 506 g/mol. The van der Waals surface area contributed by atoms with E-state index in [2.05, 4.69) is 52.0 Å². The first-order valence-corrected chi connectivity index (χ1v) is 14.1. The van der Waals surface area contributed by atoms with Gasteiger partial charge in [-0.05, 0) is 86.3 Å². The van der Waals surface area contributed by atoms with Gasteiger partial charge in [-0.25, -0.2) is 0 Å². The maximum atomic E-state index is 13.1. The fourth-order valence-corrected chi connectivity index (χ4v) is 4.96. The first-order valence-electron chi connectivity index (χ1n) is 14.1. The number of amides is 2. The lowest BCUT2D eigenvalue weighted by Crippen LogP contribution is -2.39. The van der Waals surface area contributed by atoms with Crippen molar-refractivity contribution in [1.29, 1.82) is 0 Å². The van der Waals surface area contributed by atoms with E-state index in [1.807, 2.05) is 41.0 Å². The summed E-state index contributed by atoms with van der Waals surface area (Å²) in [6.45, 7) is 14.4. The molecule has 1 unspecified atom stereocenters. The Labute approximate surface area is 224 Å². The zero-order chi connectivity index (χ0) is 26.8. The molecular formula is C32H46N2O3. The normalized spacial score (nSPS) is 15.7. The molecule has 0 bridgehead atoms. The number of ether oxygens (including phenoxy) is 1. The van der Waals surface area contributed by atoms with Gasteiger partial charge in [-0.3, -0.25) is 9.59 Å². The number of carbonyl (C=O) groups is 2. The minimum Gasteiger partial charge on any atom is -0.376 e. The first-order chi connectivity index (χ1) is 17.8. The molecule has 202 valence electrons. The summed E-state index contributed by atoms with van der Waals surface area (Å²) in [5.41, 5.74) is 3.90.